The molecule has 0 atom stereocenters. The molecule has 0 unspecified atom stereocenters. The van der Waals surface area contributed by atoms with Crippen LogP contribution in [0.4, 0.5) is 5.69 Å². The lowest BCUT2D eigenvalue weighted by molar-refractivity contribution is -0.139. The van der Waals surface area contributed by atoms with Gasteiger partial charge in [0.25, 0.3) is 0 Å². The number of methoxy groups -OCH3 is 2. The van der Waals surface area contributed by atoms with Crippen molar-refractivity contribution >= 4 is 17.6 Å². The van der Waals surface area contributed by atoms with Crippen LogP contribution in [0.15, 0.2) is 60.0 Å². The zero-order chi connectivity index (χ0) is 16.8. The number of esters is 2. The van der Waals surface area contributed by atoms with Gasteiger partial charge >= 0.3 is 11.9 Å². The van der Waals surface area contributed by atoms with Crippen molar-refractivity contribution in [2.24, 2.45) is 0 Å². The minimum atomic E-state index is -0.691. The molecule has 23 heavy (non-hydrogen) atoms. The van der Waals surface area contributed by atoms with Crippen LogP contribution in [-0.2, 0) is 19.1 Å². The average molecular weight is 310 g/mol. The smallest absolute Gasteiger partial charge is 0.355 e. The number of hydrogen-bond acceptors (Lipinski definition) is 6. The average Bonchev–Trinajstić information content (AvgIpc) is 2.83. The number of allylic oxidation sites excluding steroid dienone is 2. The number of nitriles is 1. The van der Waals surface area contributed by atoms with Gasteiger partial charge in [-0.15, -0.1) is 0 Å². The van der Waals surface area contributed by atoms with Gasteiger partial charge in [-0.2, -0.15) is 5.26 Å². The molecule has 0 bridgehead atoms. The molecule has 0 N–H and O–H groups in total. The Balaban J connectivity index is 2.66. The molecule has 1 aromatic rings. The fourth-order valence-corrected chi connectivity index (χ4v) is 2.09. The topological polar surface area (TPSA) is 79.6 Å². The molecule has 1 aromatic carbocycles. The number of carbonyl (C=O) groups excluding carboxylic acids is 2. The monoisotopic (exact) mass is 310 g/mol. The van der Waals surface area contributed by atoms with Crippen LogP contribution in [0.3, 0.4) is 0 Å². The van der Waals surface area contributed by atoms with Crippen molar-refractivity contribution in [2.45, 2.75) is 0 Å². The van der Waals surface area contributed by atoms with Gasteiger partial charge in [0.1, 0.15) is 5.70 Å². The van der Waals surface area contributed by atoms with Crippen molar-refractivity contribution in [3.8, 4) is 6.07 Å². The lowest BCUT2D eigenvalue weighted by Gasteiger charge is -2.23. The Morgan fingerprint density at radius 1 is 1.13 bits per heavy atom. The molecule has 0 radical (unpaired) electrons. The van der Waals surface area contributed by atoms with E-state index in [1.165, 1.54) is 25.2 Å². The van der Waals surface area contributed by atoms with Crippen molar-refractivity contribution in [2.75, 3.05) is 19.1 Å². The van der Waals surface area contributed by atoms with Gasteiger partial charge in [0.2, 0.25) is 0 Å². The van der Waals surface area contributed by atoms with E-state index in [9.17, 15) is 9.59 Å². The molecule has 6 nitrogen and oxygen atoms in total. The zero-order valence-corrected chi connectivity index (χ0v) is 12.6. The Labute approximate surface area is 133 Å². The SMILES string of the molecule is COC(=O)C1=C(C(=O)OC)N(c2cccc(C#N)c2)C=CC=C1. The number of anilines is 1. The molecular formula is C17H14N2O4. The highest BCUT2D eigenvalue weighted by molar-refractivity contribution is 6.05. The van der Waals surface area contributed by atoms with Crippen LogP contribution >= 0.6 is 0 Å². The van der Waals surface area contributed by atoms with E-state index in [0.717, 1.165) is 0 Å². The fraction of sp³-hybridized carbons (Fsp3) is 0.118. The van der Waals surface area contributed by atoms with Crippen LogP contribution in [0, 0.1) is 11.3 Å². The molecule has 2 rings (SSSR count). The van der Waals surface area contributed by atoms with E-state index >= 15 is 0 Å². The lowest BCUT2D eigenvalue weighted by atomic mass is 10.1. The molecule has 6 heteroatoms. The van der Waals surface area contributed by atoms with Crippen molar-refractivity contribution in [3.63, 3.8) is 0 Å². The Morgan fingerprint density at radius 3 is 2.52 bits per heavy atom. The second kappa shape index (κ2) is 7.09. The molecule has 0 saturated carbocycles. The molecule has 0 fully saturated rings. The Hall–Kier alpha value is -3.33. The Morgan fingerprint density at radius 2 is 1.87 bits per heavy atom. The normalized spacial score (nSPS) is 13.3. The molecule has 0 aromatic heterocycles. The van der Waals surface area contributed by atoms with Gasteiger partial charge in [-0.1, -0.05) is 12.1 Å². The van der Waals surface area contributed by atoms with Gasteiger partial charge in [-0.05, 0) is 30.4 Å². The first-order valence-corrected chi connectivity index (χ1v) is 6.67. The summed E-state index contributed by atoms with van der Waals surface area (Å²) in [5.74, 6) is -1.35. The number of hydrogen-bond donors (Lipinski definition) is 0. The van der Waals surface area contributed by atoms with Crippen LogP contribution in [0.5, 0.6) is 0 Å². The van der Waals surface area contributed by atoms with E-state index in [2.05, 4.69) is 0 Å². The van der Waals surface area contributed by atoms with Gasteiger partial charge in [0.05, 0.1) is 31.4 Å². The maximum Gasteiger partial charge on any atom is 0.355 e. The molecule has 0 amide bonds. The highest BCUT2D eigenvalue weighted by atomic mass is 16.5. The maximum absolute atomic E-state index is 12.2. The Kier molecular flexibility index (Phi) is 4.95. The number of benzene rings is 1. The predicted octanol–water partition coefficient (Wildman–Crippen LogP) is 2.05. The summed E-state index contributed by atoms with van der Waals surface area (Å²) in [5.41, 5.74) is 1.05. The van der Waals surface area contributed by atoms with Crippen LogP contribution in [0.25, 0.3) is 0 Å². The summed E-state index contributed by atoms with van der Waals surface area (Å²) in [6.45, 7) is 0. The summed E-state index contributed by atoms with van der Waals surface area (Å²) in [4.78, 5) is 25.7. The van der Waals surface area contributed by atoms with E-state index in [-0.39, 0.29) is 11.3 Å². The number of nitrogens with zero attached hydrogens (tertiary/aromatic N) is 2. The molecule has 0 saturated heterocycles. The maximum atomic E-state index is 12.2. The molecule has 1 aliphatic heterocycles. The van der Waals surface area contributed by atoms with Crippen molar-refractivity contribution in [1.82, 2.24) is 0 Å². The summed E-state index contributed by atoms with van der Waals surface area (Å²) in [7, 11) is 2.46. The van der Waals surface area contributed by atoms with Crippen molar-refractivity contribution < 1.29 is 19.1 Å². The quantitative estimate of drug-likeness (QED) is 0.795. The first-order valence-electron chi connectivity index (χ1n) is 6.67. The molecule has 0 aliphatic carbocycles. The summed E-state index contributed by atoms with van der Waals surface area (Å²) in [6, 6.07) is 8.69. The van der Waals surface area contributed by atoms with Crippen molar-refractivity contribution in [3.05, 3.63) is 65.5 Å². The van der Waals surface area contributed by atoms with E-state index in [4.69, 9.17) is 14.7 Å². The van der Waals surface area contributed by atoms with Gasteiger partial charge in [0, 0.05) is 11.9 Å². The van der Waals surface area contributed by atoms with E-state index in [0.29, 0.717) is 11.3 Å². The van der Waals surface area contributed by atoms with E-state index in [1.807, 2.05) is 6.07 Å². The lowest BCUT2D eigenvalue weighted by Crippen LogP contribution is -2.27. The van der Waals surface area contributed by atoms with Crippen LogP contribution in [-0.4, -0.2) is 26.2 Å². The zero-order valence-electron chi connectivity index (χ0n) is 12.6. The minimum absolute atomic E-state index is 0.0134. The molecule has 0 spiro atoms. The van der Waals surface area contributed by atoms with Crippen LogP contribution < -0.4 is 4.90 Å². The Bertz CT molecular complexity index is 769. The summed E-state index contributed by atoms with van der Waals surface area (Å²) in [6.07, 6.45) is 6.36. The van der Waals surface area contributed by atoms with Crippen LogP contribution in [0.2, 0.25) is 0 Å². The molecule has 1 aliphatic rings. The van der Waals surface area contributed by atoms with Crippen molar-refractivity contribution in [1.29, 1.82) is 5.26 Å². The summed E-state index contributed by atoms with van der Waals surface area (Å²) >= 11 is 0. The predicted molar refractivity (Wildman–Crippen MR) is 83.0 cm³/mol. The van der Waals surface area contributed by atoms with Gasteiger partial charge in [-0.25, -0.2) is 9.59 Å². The van der Waals surface area contributed by atoms with E-state index in [1.54, 1.807) is 42.6 Å². The molecular weight excluding hydrogens is 296 g/mol. The van der Waals surface area contributed by atoms with Gasteiger partial charge < -0.3 is 14.4 Å². The molecule has 116 valence electrons. The van der Waals surface area contributed by atoms with Crippen LogP contribution in [0.1, 0.15) is 5.56 Å². The largest absolute Gasteiger partial charge is 0.465 e. The van der Waals surface area contributed by atoms with Gasteiger partial charge in [0.15, 0.2) is 0 Å². The summed E-state index contributed by atoms with van der Waals surface area (Å²) in [5, 5.41) is 9.04. The second-order valence-electron chi connectivity index (χ2n) is 4.48. The summed E-state index contributed by atoms with van der Waals surface area (Å²) < 4.78 is 9.54. The third-order valence-corrected chi connectivity index (χ3v) is 3.14. The number of carbonyl (C=O) groups is 2. The third-order valence-electron chi connectivity index (χ3n) is 3.14. The van der Waals surface area contributed by atoms with E-state index < -0.39 is 11.9 Å². The first kappa shape index (κ1) is 16.0. The number of ether oxygens (including phenoxy) is 2. The third kappa shape index (κ3) is 3.30. The van der Waals surface area contributed by atoms with Gasteiger partial charge in [-0.3, -0.25) is 0 Å². The number of rotatable bonds is 3. The first-order chi connectivity index (χ1) is 11.1. The standard InChI is InChI=1S/C17H14N2O4/c1-22-16(20)14-8-3-4-9-19(15(14)17(21)23-2)13-7-5-6-12(10-13)11-18/h3-10H,1-2H3. The highest BCUT2D eigenvalue weighted by Crippen LogP contribution is 2.26. The fourth-order valence-electron chi connectivity index (χ4n) is 2.09. The highest BCUT2D eigenvalue weighted by Gasteiger charge is 2.27. The molecule has 1 heterocycles. The second-order valence-corrected chi connectivity index (χ2v) is 4.48. The minimum Gasteiger partial charge on any atom is -0.465 e.